The average Bonchev–Trinajstić information content (AvgIpc) is 2.83. The summed E-state index contributed by atoms with van der Waals surface area (Å²) in [6.45, 7) is 3.72. The van der Waals surface area contributed by atoms with Crippen LogP contribution >= 0.6 is 11.3 Å². The van der Waals surface area contributed by atoms with Gasteiger partial charge in [-0.15, -0.1) is 11.3 Å². The molecule has 0 aliphatic heterocycles. The molecule has 118 valence electrons. The van der Waals surface area contributed by atoms with Gasteiger partial charge in [0.15, 0.2) is 0 Å². The molecule has 3 aromatic rings. The lowest BCUT2D eigenvalue weighted by Gasteiger charge is -2.04. The summed E-state index contributed by atoms with van der Waals surface area (Å²) in [4.78, 5) is 32.3. The molecule has 0 radical (unpaired) electrons. The molecule has 0 spiro atoms. The van der Waals surface area contributed by atoms with E-state index in [1.54, 1.807) is 26.0 Å². The number of hydrogen-bond acceptors (Lipinski definition) is 4. The number of benzene rings is 1. The summed E-state index contributed by atoms with van der Waals surface area (Å²) in [5.74, 6) is -0.0741. The predicted octanol–water partition coefficient (Wildman–Crippen LogP) is 2.67. The van der Waals surface area contributed by atoms with E-state index < -0.39 is 0 Å². The Morgan fingerprint density at radius 1 is 1.30 bits per heavy atom. The van der Waals surface area contributed by atoms with Crippen LogP contribution in [0.1, 0.15) is 26.6 Å². The van der Waals surface area contributed by atoms with Crippen LogP contribution in [0.3, 0.4) is 0 Å². The number of nitrogens with zero attached hydrogens (tertiary/aromatic N) is 1. The van der Waals surface area contributed by atoms with E-state index in [-0.39, 0.29) is 23.8 Å². The second-order valence-electron chi connectivity index (χ2n) is 5.20. The van der Waals surface area contributed by atoms with E-state index in [9.17, 15) is 14.0 Å². The molecule has 0 saturated carbocycles. The molecule has 3 rings (SSSR count). The molecule has 5 nitrogen and oxygen atoms in total. The van der Waals surface area contributed by atoms with Crippen molar-refractivity contribution in [1.82, 2.24) is 15.3 Å². The fourth-order valence-corrected chi connectivity index (χ4v) is 3.48. The van der Waals surface area contributed by atoms with Gasteiger partial charge in [0.1, 0.15) is 16.5 Å². The average molecular weight is 331 g/mol. The third-order valence-corrected chi connectivity index (χ3v) is 4.68. The molecule has 0 saturated heterocycles. The maximum absolute atomic E-state index is 12.9. The topological polar surface area (TPSA) is 74.8 Å². The molecule has 0 aliphatic carbocycles. The molecule has 2 heterocycles. The number of aromatic amines is 1. The van der Waals surface area contributed by atoms with Gasteiger partial charge in [-0.1, -0.05) is 12.1 Å². The number of hydrogen-bond donors (Lipinski definition) is 2. The van der Waals surface area contributed by atoms with Crippen LogP contribution in [-0.2, 0) is 6.54 Å². The van der Waals surface area contributed by atoms with Crippen molar-refractivity contribution < 1.29 is 9.18 Å². The second-order valence-corrected chi connectivity index (χ2v) is 6.20. The Kier molecular flexibility index (Phi) is 3.96. The fraction of sp³-hybridized carbons (Fsp3) is 0.188. The molecule has 1 aromatic carbocycles. The first-order chi connectivity index (χ1) is 11.0. The van der Waals surface area contributed by atoms with Crippen LogP contribution < -0.4 is 10.9 Å². The van der Waals surface area contributed by atoms with Gasteiger partial charge >= 0.3 is 0 Å². The highest BCUT2D eigenvalue weighted by atomic mass is 32.1. The minimum absolute atomic E-state index is 0.237. The van der Waals surface area contributed by atoms with Crippen LogP contribution in [0.15, 0.2) is 29.1 Å². The first-order valence-electron chi connectivity index (χ1n) is 6.98. The van der Waals surface area contributed by atoms with Crippen molar-refractivity contribution in [3.63, 3.8) is 0 Å². The van der Waals surface area contributed by atoms with Crippen LogP contribution in [0.25, 0.3) is 10.2 Å². The third kappa shape index (κ3) is 3.00. The van der Waals surface area contributed by atoms with E-state index in [2.05, 4.69) is 15.3 Å². The number of halogens is 1. The monoisotopic (exact) mass is 331 g/mol. The first kappa shape index (κ1) is 15.4. The van der Waals surface area contributed by atoms with Crippen molar-refractivity contribution in [3.8, 4) is 0 Å². The number of fused-ring (bicyclic) bond motifs is 1. The quantitative estimate of drug-likeness (QED) is 0.775. The smallest absolute Gasteiger partial charge is 0.261 e. The van der Waals surface area contributed by atoms with Crippen LogP contribution in [0.5, 0.6) is 0 Å². The summed E-state index contributed by atoms with van der Waals surface area (Å²) < 4.78 is 12.9. The van der Waals surface area contributed by atoms with E-state index >= 15 is 0 Å². The molecule has 0 bridgehead atoms. The summed E-state index contributed by atoms with van der Waals surface area (Å²) in [7, 11) is 0. The van der Waals surface area contributed by atoms with Crippen LogP contribution in [-0.4, -0.2) is 15.9 Å². The predicted molar refractivity (Wildman–Crippen MR) is 87.3 cm³/mol. The molecule has 2 aromatic heterocycles. The maximum Gasteiger partial charge on any atom is 0.261 e. The molecule has 23 heavy (non-hydrogen) atoms. The molecule has 0 atom stereocenters. The van der Waals surface area contributed by atoms with Gasteiger partial charge in [-0.3, -0.25) is 9.59 Å². The molecular formula is C16H14FN3O2S. The zero-order valence-electron chi connectivity index (χ0n) is 12.6. The number of aryl methyl sites for hydroxylation is 2. The van der Waals surface area contributed by atoms with Crippen molar-refractivity contribution in [2.75, 3.05) is 0 Å². The van der Waals surface area contributed by atoms with Gasteiger partial charge in [0, 0.05) is 6.54 Å². The summed E-state index contributed by atoms with van der Waals surface area (Å²) >= 11 is 1.19. The van der Waals surface area contributed by atoms with E-state index in [4.69, 9.17) is 0 Å². The number of amides is 1. The van der Waals surface area contributed by atoms with Crippen molar-refractivity contribution in [1.29, 1.82) is 0 Å². The molecule has 0 unspecified atom stereocenters. The van der Waals surface area contributed by atoms with Crippen molar-refractivity contribution in [2.45, 2.75) is 20.4 Å². The number of H-pyrrole nitrogens is 1. The maximum atomic E-state index is 12.9. The molecule has 0 fully saturated rings. The van der Waals surface area contributed by atoms with E-state index in [0.717, 1.165) is 5.56 Å². The Balaban J connectivity index is 1.86. The minimum atomic E-state index is -0.318. The number of carbonyl (C=O) groups excluding carboxylic acids is 1. The van der Waals surface area contributed by atoms with Crippen LogP contribution in [0.4, 0.5) is 4.39 Å². The summed E-state index contributed by atoms with van der Waals surface area (Å²) in [6, 6.07) is 5.92. The number of carbonyl (C=O) groups is 1. The molecule has 0 aliphatic rings. The molecule has 1 amide bonds. The van der Waals surface area contributed by atoms with Gasteiger partial charge in [0.05, 0.1) is 10.3 Å². The lowest BCUT2D eigenvalue weighted by molar-refractivity contribution is 0.0954. The molecular weight excluding hydrogens is 317 g/mol. The molecule has 2 N–H and O–H groups in total. The Morgan fingerprint density at radius 2 is 2.00 bits per heavy atom. The van der Waals surface area contributed by atoms with Gasteiger partial charge in [0.2, 0.25) is 0 Å². The largest absolute Gasteiger partial charge is 0.347 e. The lowest BCUT2D eigenvalue weighted by Crippen LogP contribution is -2.22. The number of thiophene rings is 1. The van der Waals surface area contributed by atoms with Gasteiger partial charge < -0.3 is 10.3 Å². The van der Waals surface area contributed by atoms with Crippen molar-refractivity contribution in [3.05, 3.63) is 62.3 Å². The molecule has 7 heteroatoms. The number of aromatic nitrogens is 2. The number of rotatable bonds is 3. The van der Waals surface area contributed by atoms with E-state index in [0.29, 0.717) is 26.5 Å². The van der Waals surface area contributed by atoms with Gasteiger partial charge in [-0.25, -0.2) is 9.37 Å². The Labute approximate surface area is 135 Å². The van der Waals surface area contributed by atoms with Gasteiger partial charge in [-0.05, 0) is 37.1 Å². The van der Waals surface area contributed by atoms with Crippen LogP contribution in [0.2, 0.25) is 0 Å². The van der Waals surface area contributed by atoms with E-state index in [1.165, 1.54) is 23.5 Å². The normalized spacial score (nSPS) is 10.9. The fourth-order valence-electron chi connectivity index (χ4n) is 2.33. The standard InChI is InChI=1S/C16H14FN3O2S/c1-8-12-14(21)19-9(2)20-16(12)23-13(8)15(22)18-7-10-3-5-11(17)6-4-10/h3-6H,7H2,1-2H3,(H,18,22)(H,19,20,21). The highest BCUT2D eigenvalue weighted by Gasteiger charge is 2.18. The van der Waals surface area contributed by atoms with Gasteiger partial charge in [0.25, 0.3) is 11.5 Å². The van der Waals surface area contributed by atoms with Crippen molar-refractivity contribution >= 4 is 27.5 Å². The highest BCUT2D eigenvalue weighted by Crippen LogP contribution is 2.26. The third-order valence-electron chi connectivity index (χ3n) is 3.49. The van der Waals surface area contributed by atoms with E-state index in [1.807, 2.05) is 0 Å². The zero-order chi connectivity index (χ0) is 16.6. The van der Waals surface area contributed by atoms with Crippen molar-refractivity contribution in [2.24, 2.45) is 0 Å². The first-order valence-corrected chi connectivity index (χ1v) is 7.80. The second kappa shape index (κ2) is 5.92. The Hall–Kier alpha value is -2.54. The SMILES string of the molecule is Cc1nc2sc(C(=O)NCc3ccc(F)cc3)c(C)c2c(=O)[nH]1. The van der Waals surface area contributed by atoms with Gasteiger partial charge in [-0.2, -0.15) is 0 Å². The summed E-state index contributed by atoms with van der Waals surface area (Å²) in [5, 5.41) is 3.23. The Morgan fingerprint density at radius 3 is 2.70 bits per heavy atom. The minimum Gasteiger partial charge on any atom is -0.347 e. The number of nitrogens with one attached hydrogen (secondary N) is 2. The zero-order valence-corrected chi connectivity index (χ0v) is 13.4. The summed E-state index contributed by atoms with van der Waals surface area (Å²) in [5.41, 5.74) is 1.18. The Bertz CT molecular complexity index is 944. The lowest BCUT2D eigenvalue weighted by atomic mass is 10.2. The van der Waals surface area contributed by atoms with Crippen LogP contribution in [0, 0.1) is 19.7 Å². The highest BCUT2D eigenvalue weighted by molar-refractivity contribution is 7.20. The summed E-state index contributed by atoms with van der Waals surface area (Å²) in [6.07, 6.45) is 0.